The van der Waals surface area contributed by atoms with Gasteiger partial charge in [-0.1, -0.05) is 13.0 Å². The average Bonchev–Trinajstić information content (AvgIpc) is 2.47. The lowest BCUT2D eigenvalue weighted by atomic mass is 10.1. The van der Waals surface area contributed by atoms with E-state index in [-0.39, 0.29) is 0 Å². The van der Waals surface area contributed by atoms with E-state index in [4.69, 9.17) is 4.74 Å². The molecule has 0 radical (unpaired) electrons. The molecule has 2 N–H and O–H groups in total. The molecule has 1 aromatic heterocycles. The van der Waals surface area contributed by atoms with E-state index in [1.807, 2.05) is 18.2 Å². The summed E-state index contributed by atoms with van der Waals surface area (Å²) in [5.41, 5.74) is 0. The van der Waals surface area contributed by atoms with Crippen molar-refractivity contribution in [2.45, 2.75) is 45.1 Å². The van der Waals surface area contributed by atoms with Crippen LogP contribution in [0.5, 0.6) is 0 Å². The molecule has 4 nitrogen and oxygen atoms in total. The van der Waals surface area contributed by atoms with Gasteiger partial charge in [0.05, 0.1) is 6.10 Å². The average molecular weight is 263 g/mol. The lowest BCUT2D eigenvalue weighted by Crippen LogP contribution is -2.22. The zero-order valence-electron chi connectivity index (χ0n) is 11.8. The number of aromatic nitrogens is 1. The van der Waals surface area contributed by atoms with Crippen LogP contribution < -0.4 is 10.6 Å². The first-order chi connectivity index (χ1) is 9.38. The van der Waals surface area contributed by atoms with Crippen molar-refractivity contribution < 1.29 is 4.74 Å². The van der Waals surface area contributed by atoms with Crippen molar-refractivity contribution in [3.05, 3.63) is 18.2 Å². The second kappa shape index (κ2) is 8.00. The summed E-state index contributed by atoms with van der Waals surface area (Å²) in [4.78, 5) is 4.53. The van der Waals surface area contributed by atoms with Crippen LogP contribution in [0.4, 0.5) is 11.6 Å². The van der Waals surface area contributed by atoms with E-state index in [9.17, 15) is 0 Å². The normalized spacial score (nSPS) is 19.1. The third-order valence-corrected chi connectivity index (χ3v) is 3.35. The Labute approximate surface area is 116 Å². The largest absolute Gasteiger partial charge is 0.378 e. The van der Waals surface area contributed by atoms with Crippen LogP contribution in [-0.4, -0.2) is 30.8 Å². The lowest BCUT2D eigenvalue weighted by Gasteiger charge is -2.22. The first-order valence-corrected chi connectivity index (χ1v) is 7.45. The summed E-state index contributed by atoms with van der Waals surface area (Å²) >= 11 is 0. The molecule has 0 spiro atoms. The molecule has 1 aromatic rings. The molecule has 0 aliphatic carbocycles. The summed E-state index contributed by atoms with van der Waals surface area (Å²) in [6.45, 7) is 4.97. The smallest absolute Gasteiger partial charge is 0.128 e. The summed E-state index contributed by atoms with van der Waals surface area (Å²) in [5, 5.41) is 6.68. The summed E-state index contributed by atoms with van der Waals surface area (Å²) in [7, 11) is 0. The second-order valence-electron chi connectivity index (χ2n) is 5.04. The quantitative estimate of drug-likeness (QED) is 0.792. The van der Waals surface area contributed by atoms with Crippen molar-refractivity contribution in [1.82, 2.24) is 4.98 Å². The molecular weight excluding hydrogens is 238 g/mol. The van der Waals surface area contributed by atoms with Crippen LogP contribution >= 0.6 is 0 Å². The Morgan fingerprint density at radius 1 is 1.21 bits per heavy atom. The van der Waals surface area contributed by atoms with E-state index >= 15 is 0 Å². The molecule has 0 amide bonds. The van der Waals surface area contributed by atoms with Crippen LogP contribution in [0.25, 0.3) is 0 Å². The predicted molar refractivity (Wildman–Crippen MR) is 79.7 cm³/mol. The Morgan fingerprint density at radius 3 is 2.68 bits per heavy atom. The van der Waals surface area contributed by atoms with Crippen molar-refractivity contribution in [1.29, 1.82) is 0 Å². The standard InChI is InChI=1S/C15H25N3O/c1-2-10-16-14-7-5-8-15(18-14)17-11-9-13-6-3-4-12-19-13/h5,7-8,13H,2-4,6,9-12H2,1H3,(H2,16,17,18). The van der Waals surface area contributed by atoms with Gasteiger partial charge in [-0.05, 0) is 44.2 Å². The van der Waals surface area contributed by atoms with E-state index in [2.05, 4.69) is 22.5 Å². The van der Waals surface area contributed by atoms with E-state index in [0.29, 0.717) is 6.10 Å². The fourth-order valence-corrected chi connectivity index (χ4v) is 2.28. The lowest BCUT2D eigenvalue weighted by molar-refractivity contribution is 0.0134. The van der Waals surface area contributed by atoms with Gasteiger partial charge in [0.1, 0.15) is 11.6 Å². The molecule has 0 aromatic carbocycles. The molecule has 1 aliphatic rings. The minimum absolute atomic E-state index is 0.433. The minimum Gasteiger partial charge on any atom is -0.378 e. The van der Waals surface area contributed by atoms with Crippen LogP contribution in [0, 0.1) is 0 Å². The van der Waals surface area contributed by atoms with Gasteiger partial charge in [0, 0.05) is 19.7 Å². The number of hydrogen-bond donors (Lipinski definition) is 2. The van der Waals surface area contributed by atoms with E-state index in [0.717, 1.165) is 44.2 Å². The fraction of sp³-hybridized carbons (Fsp3) is 0.667. The SMILES string of the molecule is CCCNc1cccc(NCCC2CCCCO2)n1. The van der Waals surface area contributed by atoms with Gasteiger partial charge in [-0.2, -0.15) is 0 Å². The van der Waals surface area contributed by atoms with Crippen molar-refractivity contribution in [3.63, 3.8) is 0 Å². The van der Waals surface area contributed by atoms with Gasteiger partial charge in [-0.3, -0.25) is 0 Å². The maximum absolute atomic E-state index is 5.72. The summed E-state index contributed by atoms with van der Waals surface area (Å²) in [5.74, 6) is 1.89. The first-order valence-electron chi connectivity index (χ1n) is 7.45. The number of hydrogen-bond acceptors (Lipinski definition) is 4. The van der Waals surface area contributed by atoms with Crippen LogP contribution in [0.3, 0.4) is 0 Å². The Hall–Kier alpha value is -1.29. The Balaban J connectivity index is 1.72. The fourth-order valence-electron chi connectivity index (χ4n) is 2.28. The molecule has 1 saturated heterocycles. The highest BCUT2D eigenvalue weighted by Crippen LogP contribution is 2.16. The number of rotatable bonds is 7. The van der Waals surface area contributed by atoms with Crippen molar-refractivity contribution in [3.8, 4) is 0 Å². The van der Waals surface area contributed by atoms with E-state index < -0.39 is 0 Å². The zero-order chi connectivity index (χ0) is 13.3. The molecule has 1 fully saturated rings. The monoisotopic (exact) mass is 263 g/mol. The third-order valence-electron chi connectivity index (χ3n) is 3.35. The zero-order valence-corrected chi connectivity index (χ0v) is 11.8. The molecule has 0 saturated carbocycles. The molecule has 2 heterocycles. The highest BCUT2D eigenvalue weighted by molar-refractivity contribution is 5.44. The number of nitrogens with zero attached hydrogens (tertiary/aromatic N) is 1. The van der Waals surface area contributed by atoms with E-state index in [1.54, 1.807) is 0 Å². The highest BCUT2D eigenvalue weighted by atomic mass is 16.5. The number of nitrogens with one attached hydrogen (secondary N) is 2. The molecule has 19 heavy (non-hydrogen) atoms. The van der Waals surface area contributed by atoms with Crippen LogP contribution in [0.1, 0.15) is 39.0 Å². The molecular formula is C15H25N3O. The topological polar surface area (TPSA) is 46.2 Å². The number of ether oxygens (including phenoxy) is 1. The maximum atomic E-state index is 5.72. The van der Waals surface area contributed by atoms with Crippen LogP contribution in [0.2, 0.25) is 0 Å². The van der Waals surface area contributed by atoms with Crippen LogP contribution in [-0.2, 0) is 4.74 Å². The van der Waals surface area contributed by atoms with Gasteiger partial charge in [0.2, 0.25) is 0 Å². The minimum atomic E-state index is 0.433. The molecule has 4 heteroatoms. The Kier molecular flexibility index (Phi) is 5.95. The van der Waals surface area contributed by atoms with Crippen molar-refractivity contribution in [2.75, 3.05) is 30.3 Å². The van der Waals surface area contributed by atoms with Crippen LogP contribution in [0.15, 0.2) is 18.2 Å². The van der Waals surface area contributed by atoms with Crippen molar-refractivity contribution in [2.24, 2.45) is 0 Å². The van der Waals surface area contributed by atoms with Gasteiger partial charge in [-0.15, -0.1) is 0 Å². The highest BCUT2D eigenvalue weighted by Gasteiger charge is 2.12. The van der Waals surface area contributed by atoms with Gasteiger partial charge in [-0.25, -0.2) is 4.98 Å². The van der Waals surface area contributed by atoms with Crippen molar-refractivity contribution >= 4 is 11.6 Å². The van der Waals surface area contributed by atoms with Gasteiger partial charge in [0.15, 0.2) is 0 Å². The summed E-state index contributed by atoms with van der Waals surface area (Å²) < 4.78 is 5.72. The second-order valence-corrected chi connectivity index (χ2v) is 5.04. The third kappa shape index (κ3) is 5.07. The van der Waals surface area contributed by atoms with Gasteiger partial charge in [0.25, 0.3) is 0 Å². The van der Waals surface area contributed by atoms with E-state index in [1.165, 1.54) is 19.3 Å². The maximum Gasteiger partial charge on any atom is 0.128 e. The first kappa shape index (κ1) is 14.1. The number of pyridine rings is 1. The van der Waals surface area contributed by atoms with Gasteiger partial charge >= 0.3 is 0 Å². The molecule has 1 unspecified atom stereocenters. The Bertz CT molecular complexity index is 364. The molecule has 1 atom stereocenters. The molecule has 2 rings (SSSR count). The summed E-state index contributed by atoms with van der Waals surface area (Å²) in [6.07, 6.45) is 6.33. The summed E-state index contributed by atoms with van der Waals surface area (Å²) in [6, 6.07) is 6.05. The number of anilines is 2. The molecule has 1 aliphatic heterocycles. The molecule has 106 valence electrons. The van der Waals surface area contributed by atoms with Gasteiger partial charge < -0.3 is 15.4 Å². The Morgan fingerprint density at radius 2 is 2.00 bits per heavy atom. The molecule has 0 bridgehead atoms. The predicted octanol–water partition coefficient (Wildman–Crippen LogP) is 3.27.